The molecule has 0 bridgehead atoms. The van der Waals surface area contributed by atoms with Crippen LogP contribution in [0.1, 0.15) is 44.7 Å². The number of carboxylic acids is 1. The maximum Gasteiger partial charge on any atom is 0.305 e. The molecule has 8 heteroatoms. The smallest absolute Gasteiger partial charge is 0.305 e. The van der Waals surface area contributed by atoms with Gasteiger partial charge in [-0.15, -0.1) is 4.72 Å². The van der Waals surface area contributed by atoms with E-state index in [1.54, 1.807) is 6.92 Å². The molecule has 1 aromatic heterocycles. The molecule has 0 aliphatic rings. The second kappa shape index (κ2) is 6.42. The molecule has 0 saturated carbocycles. The summed E-state index contributed by atoms with van der Waals surface area (Å²) in [6, 6.07) is -0.661. The summed E-state index contributed by atoms with van der Waals surface area (Å²) in [7, 11) is 0. The predicted octanol–water partition coefficient (Wildman–Crippen LogP) is 2.16. The number of nitrogens with one attached hydrogen (secondary N) is 1. The zero-order valence-electron chi connectivity index (χ0n) is 11.2. The van der Waals surface area contributed by atoms with Gasteiger partial charge in [0.25, 0.3) is 0 Å². The zero-order valence-corrected chi connectivity index (χ0v) is 14.2. The second-order valence-electron chi connectivity index (χ2n) is 5.10. The lowest BCUT2D eigenvalue weighted by Crippen LogP contribution is -2.41. The fourth-order valence-corrected chi connectivity index (χ4v) is 2.64. The number of hydrogen-bond acceptors (Lipinski definition) is 5. The van der Waals surface area contributed by atoms with Crippen LogP contribution < -0.4 is 4.72 Å². The Morgan fingerprint density at radius 3 is 2.58 bits per heavy atom. The maximum atomic E-state index is 12.1. The molecule has 0 aliphatic heterocycles. The minimum absolute atomic E-state index is 0.216. The van der Waals surface area contributed by atoms with Crippen LogP contribution in [0.4, 0.5) is 0 Å². The third-order valence-corrected chi connectivity index (χ3v) is 5.24. The predicted molar refractivity (Wildman–Crippen MR) is 80.0 cm³/mol. The van der Waals surface area contributed by atoms with E-state index in [1.807, 2.05) is 43.4 Å². The molecule has 1 rings (SSSR count). The molecular formula is C11H17IN2O4S. The maximum absolute atomic E-state index is 12.1. The summed E-state index contributed by atoms with van der Waals surface area (Å²) in [5.41, 5.74) is 0.689. The summed E-state index contributed by atoms with van der Waals surface area (Å²) < 4.78 is 20.3. The van der Waals surface area contributed by atoms with Gasteiger partial charge >= 0.3 is 5.97 Å². The Balaban J connectivity index is 2.96. The molecule has 1 unspecified atom stereocenters. The van der Waals surface area contributed by atoms with Gasteiger partial charge in [-0.1, -0.05) is 5.16 Å². The monoisotopic (exact) mass is 400 g/mol. The fourth-order valence-electron chi connectivity index (χ4n) is 1.26. The largest absolute Gasteiger partial charge is 0.598 e. The number of rotatable bonds is 5. The molecule has 108 valence electrons. The Morgan fingerprint density at radius 2 is 2.21 bits per heavy atom. The molecule has 1 aromatic rings. The first-order chi connectivity index (χ1) is 8.62. The SMILES string of the molecule is Cc1noc([C@H](CC(=O)O)N[S+]([O-])C(C)(C)C)c1I. The first-order valence-electron chi connectivity index (χ1n) is 5.64. The minimum Gasteiger partial charge on any atom is -0.598 e. The summed E-state index contributed by atoms with van der Waals surface area (Å²) in [5.74, 6) is -0.577. The van der Waals surface area contributed by atoms with Gasteiger partial charge < -0.3 is 14.2 Å². The Morgan fingerprint density at radius 1 is 1.63 bits per heavy atom. The average Bonchev–Trinajstić information content (AvgIpc) is 2.56. The molecule has 2 atom stereocenters. The Kier molecular flexibility index (Phi) is 5.65. The van der Waals surface area contributed by atoms with E-state index >= 15 is 0 Å². The highest BCUT2D eigenvalue weighted by Gasteiger charge is 2.33. The van der Waals surface area contributed by atoms with Crippen LogP contribution in [0.25, 0.3) is 0 Å². The van der Waals surface area contributed by atoms with E-state index in [4.69, 9.17) is 9.63 Å². The van der Waals surface area contributed by atoms with Crippen molar-refractivity contribution in [2.45, 2.75) is 44.9 Å². The topological polar surface area (TPSA) is 98.4 Å². The van der Waals surface area contributed by atoms with Crippen molar-refractivity contribution in [3.63, 3.8) is 0 Å². The third-order valence-electron chi connectivity index (χ3n) is 2.32. The quantitative estimate of drug-likeness (QED) is 0.581. The lowest BCUT2D eigenvalue weighted by atomic mass is 10.1. The molecule has 0 aromatic carbocycles. The van der Waals surface area contributed by atoms with Crippen LogP contribution in [0.5, 0.6) is 0 Å². The van der Waals surface area contributed by atoms with Crippen molar-refractivity contribution < 1.29 is 19.0 Å². The second-order valence-corrected chi connectivity index (χ2v) is 8.17. The fraction of sp³-hybridized carbons (Fsp3) is 0.636. The number of carboxylic acid groups (broad SMARTS) is 1. The first-order valence-corrected chi connectivity index (χ1v) is 7.87. The van der Waals surface area contributed by atoms with Gasteiger partial charge in [0.15, 0.2) is 5.76 Å². The van der Waals surface area contributed by atoms with E-state index in [1.165, 1.54) is 0 Å². The summed E-state index contributed by atoms with van der Waals surface area (Å²) in [5, 5.41) is 12.8. The van der Waals surface area contributed by atoms with Crippen LogP contribution in [0, 0.1) is 10.5 Å². The molecule has 1 heterocycles. The van der Waals surface area contributed by atoms with Crippen molar-refractivity contribution in [2.24, 2.45) is 0 Å². The summed E-state index contributed by atoms with van der Waals surface area (Å²) in [6.45, 7) is 7.20. The highest BCUT2D eigenvalue weighted by atomic mass is 127. The van der Waals surface area contributed by atoms with Gasteiger partial charge in [-0.3, -0.25) is 4.79 Å². The number of aromatic nitrogens is 1. The van der Waals surface area contributed by atoms with Gasteiger partial charge in [0.2, 0.25) is 0 Å². The number of nitrogens with zero attached hydrogens (tertiary/aromatic N) is 1. The van der Waals surface area contributed by atoms with Crippen molar-refractivity contribution in [3.8, 4) is 0 Å². The molecule has 0 amide bonds. The van der Waals surface area contributed by atoms with Crippen LogP contribution in [-0.4, -0.2) is 25.5 Å². The molecule has 2 N–H and O–H groups in total. The van der Waals surface area contributed by atoms with E-state index in [9.17, 15) is 9.35 Å². The van der Waals surface area contributed by atoms with Crippen LogP contribution >= 0.6 is 22.6 Å². The third kappa shape index (κ3) is 4.62. The van der Waals surface area contributed by atoms with Gasteiger partial charge in [0.05, 0.1) is 15.7 Å². The van der Waals surface area contributed by atoms with Gasteiger partial charge in [0, 0.05) is 11.4 Å². The van der Waals surface area contributed by atoms with Crippen molar-refractivity contribution >= 4 is 39.9 Å². The highest BCUT2D eigenvalue weighted by molar-refractivity contribution is 14.1. The molecule has 0 radical (unpaired) electrons. The number of carbonyl (C=O) groups is 1. The highest BCUT2D eigenvalue weighted by Crippen LogP contribution is 2.27. The van der Waals surface area contributed by atoms with Gasteiger partial charge in [-0.2, -0.15) is 0 Å². The zero-order chi connectivity index (χ0) is 14.8. The molecule has 0 saturated heterocycles. The molecule has 19 heavy (non-hydrogen) atoms. The van der Waals surface area contributed by atoms with E-state index in [2.05, 4.69) is 9.88 Å². The van der Waals surface area contributed by atoms with E-state index in [0.29, 0.717) is 11.5 Å². The van der Waals surface area contributed by atoms with Crippen LogP contribution in [0.15, 0.2) is 4.52 Å². The average molecular weight is 400 g/mol. The number of halogens is 1. The van der Waals surface area contributed by atoms with Crippen LogP contribution in [0.3, 0.4) is 0 Å². The molecule has 6 nitrogen and oxygen atoms in total. The van der Waals surface area contributed by atoms with Gasteiger partial charge in [0.1, 0.15) is 10.8 Å². The summed E-state index contributed by atoms with van der Waals surface area (Å²) in [4.78, 5) is 10.9. The lowest BCUT2D eigenvalue weighted by molar-refractivity contribution is -0.137. The van der Waals surface area contributed by atoms with Crippen LogP contribution in [0.2, 0.25) is 0 Å². The van der Waals surface area contributed by atoms with E-state index < -0.39 is 28.1 Å². The molecular weight excluding hydrogens is 383 g/mol. The van der Waals surface area contributed by atoms with Crippen molar-refractivity contribution in [1.29, 1.82) is 0 Å². The number of aliphatic carboxylic acids is 1. The Bertz CT molecular complexity index is 458. The minimum atomic E-state index is -1.39. The van der Waals surface area contributed by atoms with Crippen molar-refractivity contribution in [1.82, 2.24) is 9.88 Å². The van der Waals surface area contributed by atoms with Gasteiger partial charge in [-0.25, -0.2) is 0 Å². The summed E-state index contributed by atoms with van der Waals surface area (Å²) in [6.07, 6.45) is -0.216. The number of hydrogen-bond donors (Lipinski definition) is 2. The Labute approximate surface area is 128 Å². The van der Waals surface area contributed by atoms with Crippen LogP contribution in [-0.2, 0) is 16.2 Å². The van der Waals surface area contributed by atoms with E-state index in [-0.39, 0.29) is 6.42 Å². The standard InChI is InChI=1S/C11H17IN2O4S/c1-6-9(12)10(18-13-6)7(5-8(15)16)14-19(17)11(2,3)4/h7,14H,5H2,1-4H3,(H,15,16)/t7-,19?/m0/s1. The molecule has 0 fully saturated rings. The van der Waals surface area contributed by atoms with Gasteiger partial charge in [-0.05, 0) is 50.3 Å². The van der Waals surface area contributed by atoms with Crippen molar-refractivity contribution in [3.05, 3.63) is 15.0 Å². The summed E-state index contributed by atoms with van der Waals surface area (Å²) >= 11 is 0.654. The Hall–Kier alpha value is -0.320. The lowest BCUT2D eigenvalue weighted by Gasteiger charge is -2.26. The number of aryl methyl sites for hydroxylation is 1. The molecule has 0 aliphatic carbocycles. The van der Waals surface area contributed by atoms with E-state index in [0.717, 1.165) is 3.57 Å². The van der Waals surface area contributed by atoms with Crippen molar-refractivity contribution in [2.75, 3.05) is 0 Å². The first kappa shape index (κ1) is 16.7. The normalized spacial score (nSPS) is 15.3. The molecule has 0 spiro atoms.